The van der Waals surface area contributed by atoms with Crippen LogP contribution in [0.5, 0.6) is 0 Å². The fourth-order valence-electron chi connectivity index (χ4n) is 1.01. The summed E-state index contributed by atoms with van der Waals surface area (Å²) in [5.41, 5.74) is 0. The first-order valence-electron chi connectivity index (χ1n) is 5.15. The third-order valence-corrected chi connectivity index (χ3v) is 5.34. The van der Waals surface area contributed by atoms with Crippen molar-refractivity contribution in [1.29, 1.82) is 0 Å². The largest absolute Gasteiger partial charge is 0.480 e. The van der Waals surface area contributed by atoms with Gasteiger partial charge in [-0.1, -0.05) is 40.4 Å². The van der Waals surface area contributed by atoms with E-state index in [1.54, 1.807) is 21.6 Å². The lowest BCUT2D eigenvalue weighted by Crippen LogP contribution is -2.30. The van der Waals surface area contributed by atoms with Crippen LogP contribution in [0.1, 0.15) is 12.8 Å². The Hall–Kier alpha value is 0.420. The van der Waals surface area contributed by atoms with Crippen LogP contribution in [0.25, 0.3) is 0 Å². The zero-order chi connectivity index (χ0) is 14.0. The number of carbonyl (C=O) groups is 2. The average molecular weight is 332 g/mol. The van der Waals surface area contributed by atoms with Crippen LogP contribution in [-0.2, 0) is 9.59 Å². The highest BCUT2D eigenvalue weighted by Crippen LogP contribution is 2.24. The Morgan fingerprint density at radius 2 is 1.28 bits per heavy atom. The fraction of sp³-hybridized carbons (Fsp3) is 0.750. The highest BCUT2D eigenvalue weighted by atomic mass is 33.1. The first-order chi connectivity index (χ1) is 8.52. The molecule has 0 aliphatic rings. The van der Waals surface area contributed by atoms with E-state index < -0.39 is 24.0 Å². The van der Waals surface area contributed by atoms with E-state index in [1.165, 1.54) is 0 Å². The normalized spacial score (nSPS) is 14.1. The maximum absolute atomic E-state index is 10.7. The average Bonchev–Trinajstić information content (AvgIpc) is 2.32. The van der Waals surface area contributed by atoms with E-state index in [1.807, 2.05) is 0 Å². The Balaban J connectivity index is 3.56. The monoisotopic (exact) mass is 332 g/mol. The topological polar surface area (TPSA) is 98.7 Å². The zero-order valence-corrected chi connectivity index (χ0v) is 13.6. The summed E-state index contributed by atoms with van der Waals surface area (Å²) >= 11 is 0. The maximum Gasteiger partial charge on any atom is 0.320 e. The molecule has 106 valence electrons. The maximum atomic E-state index is 10.7. The minimum absolute atomic E-state index is 0.529. The van der Waals surface area contributed by atoms with Crippen molar-refractivity contribution in [3.63, 3.8) is 0 Å². The van der Waals surface area contributed by atoms with Crippen LogP contribution in [0, 0.1) is 0 Å². The molecule has 10 heteroatoms. The fourth-order valence-corrected chi connectivity index (χ4v) is 3.81. The van der Waals surface area contributed by atoms with E-state index in [9.17, 15) is 9.59 Å². The van der Waals surface area contributed by atoms with Gasteiger partial charge < -0.3 is 10.2 Å². The second-order valence-electron chi connectivity index (χ2n) is 3.34. The number of hydrogen-bond acceptors (Lipinski definition) is 6. The summed E-state index contributed by atoms with van der Waals surface area (Å²) in [6, 6.07) is -1.10. The first kappa shape index (κ1) is 18.4. The van der Waals surface area contributed by atoms with Crippen LogP contribution < -0.4 is 10.2 Å². The van der Waals surface area contributed by atoms with Crippen molar-refractivity contribution in [2.75, 3.05) is 11.5 Å². The van der Waals surface area contributed by atoms with Crippen molar-refractivity contribution in [3.05, 3.63) is 0 Å². The molecule has 0 saturated carbocycles. The number of carboxylic acids is 2. The van der Waals surface area contributed by atoms with Crippen molar-refractivity contribution in [3.8, 4) is 0 Å². The van der Waals surface area contributed by atoms with Gasteiger partial charge in [0.15, 0.2) is 0 Å². The molecule has 2 unspecified atom stereocenters. The van der Waals surface area contributed by atoms with Gasteiger partial charge in [0, 0.05) is 11.5 Å². The summed E-state index contributed by atoms with van der Waals surface area (Å²) in [6.45, 7) is 0. The van der Waals surface area contributed by atoms with E-state index >= 15 is 0 Å². The third kappa shape index (κ3) is 8.51. The van der Waals surface area contributed by atoms with Gasteiger partial charge in [0.05, 0.1) is 0 Å². The Morgan fingerprint density at radius 1 is 0.944 bits per heavy atom. The standard InChI is InChI=1S/C8H18N2O4P2S2/c11-7(12)5(9-15)1-3-17-18-4-2-6(10-16)8(13)14/h5-6,9-10H,1-4,15-16H2,(H,11,12)(H,13,14)/t5-,6+. The molecule has 0 rings (SSSR count). The minimum Gasteiger partial charge on any atom is -0.480 e. The molecule has 0 fully saturated rings. The lowest BCUT2D eigenvalue weighted by atomic mass is 10.2. The minimum atomic E-state index is -0.867. The van der Waals surface area contributed by atoms with E-state index in [0.717, 1.165) is 0 Å². The van der Waals surface area contributed by atoms with Gasteiger partial charge in [0.25, 0.3) is 0 Å². The Kier molecular flexibility index (Phi) is 11.5. The van der Waals surface area contributed by atoms with Crippen LogP contribution in [0.15, 0.2) is 0 Å². The molecule has 0 aliphatic heterocycles. The summed E-state index contributed by atoms with van der Waals surface area (Å²) in [6.07, 6.45) is 1.06. The Labute approximate surface area is 119 Å². The van der Waals surface area contributed by atoms with Crippen LogP contribution >= 0.6 is 40.4 Å². The number of rotatable bonds is 11. The molecule has 0 radical (unpaired) electrons. The summed E-state index contributed by atoms with van der Waals surface area (Å²) in [5, 5.41) is 22.8. The van der Waals surface area contributed by atoms with Crippen molar-refractivity contribution < 1.29 is 19.8 Å². The molecule has 6 nitrogen and oxygen atoms in total. The highest BCUT2D eigenvalue weighted by Gasteiger charge is 2.15. The highest BCUT2D eigenvalue weighted by molar-refractivity contribution is 8.76. The molecule has 4 N–H and O–H groups in total. The van der Waals surface area contributed by atoms with Gasteiger partial charge in [-0.05, 0) is 12.8 Å². The lowest BCUT2D eigenvalue weighted by Gasteiger charge is -2.11. The van der Waals surface area contributed by atoms with Gasteiger partial charge in [-0.2, -0.15) is 0 Å². The second kappa shape index (κ2) is 11.3. The molecule has 4 atom stereocenters. The zero-order valence-electron chi connectivity index (χ0n) is 9.67. The number of carboxylic acid groups (broad SMARTS) is 2. The van der Waals surface area contributed by atoms with Crippen LogP contribution in [0.2, 0.25) is 0 Å². The van der Waals surface area contributed by atoms with Gasteiger partial charge >= 0.3 is 11.9 Å². The van der Waals surface area contributed by atoms with E-state index in [0.29, 0.717) is 24.3 Å². The predicted octanol–water partition coefficient (Wildman–Crippen LogP) is 0.814. The molecule has 0 aromatic rings. The molecule has 18 heavy (non-hydrogen) atoms. The van der Waals surface area contributed by atoms with Crippen LogP contribution in [-0.4, -0.2) is 45.7 Å². The summed E-state index contributed by atoms with van der Waals surface area (Å²) in [7, 11) is 7.51. The predicted molar refractivity (Wildman–Crippen MR) is 82.7 cm³/mol. The number of nitrogens with one attached hydrogen (secondary N) is 2. The Bertz CT molecular complexity index is 247. The van der Waals surface area contributed by atoms with Gasteiger partial charge in [-0.25, -0.2) is 0 Å². The van der Waals surface area contributed by atoms with E-state index in [-0.39, 0.29) is 0 Å². The van der Waals surface area contributed by atoms with Gasteiger partial charge in [0.1, 0.15) is 12.1 Å². The molecular weight excluding hydrogens is 314 g/mol. The Morgan fingerprint density at radius 3 is 1.50 bits per heavy atom. The number of aliphatic carboxylic acids is 2. The summed E-state index contributed by atoms with van der Waals surface area (Å²) < 4.78 is 0. The lowest BCUT2D eigenvalue weighted by molar-refractivity contribution is -0.139. The van der Waals surface area contributed by atoms with E-state index in [2.05, 4.69) is 29.0 Å². The van der Waals surface area contributed by atoms with Gasteiger partial charge in [0.2, 0.25) is 0 Å². The number of hydrogen-bond donors (Lipinski definition) is 4. The molecule has 0 heterocycles. The third-order valence-electron chi connectivity index (χ3n) is 2.06. The van der Waals surface area contributed by atoms with Crippen LogP contribution in [0.4, 0.5) is 0 Å². The SMILES string of the molecule is O=C(O)[C@H](CCSSCC[C@@H](NP)C(=O)O)NP. The molecule has 0 aliphatic carbocycles. The second-order valence-corrected chi connectivity index (χ2v) is 6.71. The summed E-state index contributed by atoms with van der Waals surface area (Å²) in [5.74, 6) is -0.327. The molecule has 0 aromatic heterocycles. The van der Waals surface area contributed by atoms with Gasteiger partial charge in [-0.3, -0.25) is 19.8 Å². The molecule has 0 amide bonds. The van der Waals surface area contributed by atoms with E-state index in [4.69, 9.17) is 10.2 Å². The molecular formula is C8H18N2O4P2S2. The van der Waals surface area contributed by atoms with Crippen molar-refractivity contribution in [2.45, 2.75) is 24.9 Å². The van der Waals surface area contributed by atoms with Crippen LogP contribution in [0.3, 0.4) is 0 Å². The van der Waals surface area contributed by atoms with Crippen molar-refractivity contribution in [1.82, 2.24) is 10.2 Å². The van der Waals surface area contributed by atoms with Crippen molar-refractivity contribution >= 4 is 52.3 Å². The van der Waals surface area contributed by atoms with Gasteiger partial charge in [-0.15, -0.1) is 0 Å². The molecule has 0 saturated heterocycles. The quantitative estimate of drug-likeness (QED) is 0.251. The molecule has 0 spiro atoms. The molecule has 0 aromatic carbocycles. The smallest absolute Gasteiger partial charge is 0.320 e. The first-order valence-corrected chi connectivity index (χ1v) is 8.79. The molecule has 0 bridgehead atoms. The van der Waals surface area contributed by atoms with Crippen molar-refractivity contribution in [2.24, 2.45) is 0 Å². The summed E-state index contributed by atoms with van der Waals surface area (Å²) in [4.78, 5) is 21.4.